The number of nitrogens with zero attached hydrogens (tertiary/aromatic N) is 1. The summed E-state index contributed by atoms with van der Waals surface area (Å²) in [4.78, 5) is 3.57. The number of thiophene rings is 1. The van der Waals surface area contributed by atoms with E-state index < -0.39 is 0 Å². The lowest BCUT2D eigenvalue weighted by Gasteiger charge is -2.18. The van der Waals surface area contributed by atoms with Gasteiger partial charge in [-0.1, -0.05) is 17.8 Å². The smallest absolute Gasteiger partial charge is 0.0647 e. The summed E-state index contributed by atoms with van der Waals surface area (Å²) in [6.07, 6.45) is 2.59. The molecule has 0 amide bonds. The Morgan fingerprint density at radius 3 is 2.67 bits per heavy atom. The van der Waals surface area contributed by atoms with Gasteiger partial charge in [0.25, 0.3) is 0 Å². The molecule has 0 saturated carbocycles. The fourth-order valence-corrected chi connectivity index (χ4v) is 3.98. The Labute approximate surface area is 116 Å². The van der Waals surface area contributed by atoms with Crippen LogP contribution in [0.3, 0.4) is 0 Å². The highest BCUT2D eigenvalue weighted by molar-refractivity contribution is 8.01. The first-order chi connectivity index (χ1) is 8.83. The second-order valence-corrected chi connectivity index (χ2v) is 6.74. The molecule has 94 valence electrons. The SMILES string of the molecule is Nc1cc(N2CCCC2)ccc1Sc1cccs1. The zero-order chi connectivity index (χ0) is 12.4. The summed E-state index contributed by atoms with van der Waals surface area (Å²) >= 11 is 3.50. The summed E-state index contributed by atoms with van der Waals surface area (Å²) in [5.41, 5.74) is 8.31. The molecular weight excluding hydrogens is 260 g/mol. The fraction of sp³-hybridized carbons (Fsp3) is 0.286. The monoisotopic (exact) mass is 276 g/mol. The quantitative estimate of drug-likeness (QED) is 0.856. The van der Waals surface area contributed by atoms with Crippen molar-refractivity contribution in [2.75, 3.05) is 23.7 Å². The van der Waals surface area contributed by atoms with Crippen molar-refractivity contribution in [2.24, 2.45) is 0 Å². The zero-order valence-corrected chi connectivity index (χ0v) is 11.8. The summed E-state index contributed by atoms with van der Waals surface area (Å²) in [5, 5.41) is 2.09. The summed E-state index contributed by atoms with van der Waals surface area (Å²) in [6.45, 7) is 2.33. The summed E-state index contributed by atoms with van der Waals surface area (Å²) in [6, 6.07) is 10.6. The number of rotatable bonds is 3. The molecule has 0 radical (unpaired) electrons. The highest BCUT2D eigenvalue weighted by Crippen LogP contribution is 2.36. The van der Waals surface area contributed by atoms with Crippen LogP contribution >= 0.6 is 23.1 Å². The van der Waals surface area contributed by atoms with Crippen molar-refractivity contribution in [1.29, 1.82) is 0 Å². The van der Waals surface area contributed by atoms with Crippen LogP contribution in [0.25, 0.3) is 0 Å². The van der Waals surface area contributed by atoms with Crippen molar-refractivity contribution < 1.29 is 0 Å². The first-order valence-electron chi connectivity index (χ1n) is 6.19. The van der Waals surface area contributed by atoms with E-state index in [1.165, 1.54) is 22.7 Å². The minimum Gasteiger partial charge on any atom is -0.398 e. The van der Waals surface area contributed by atoms with Gasteiger partial charge in [-0.05, 0) is 42.5 Å². The van der Waals surface area contributed by atoms with Crippen LogP contribution in [0.5, 0.6) is 0 Å². The highest BCUT2D eigenvalue weighted by Gasteiger charge is 2.13. The summed E-state index contributed by atoms with van der Waals surface area (Å²) in [5.74, 6) is 0. The van der Waals surface area contributed by atoms with E-state index in [9.17, 15) is 0 Å². The van der Waals surface area contributed by atoms with E-state index in [4.69, 9.17) is 5.73 Å². The molecule has 2 N–H and O–H groups in total. The van der Waals surface area contributed by atoms with E-state index in [-0.39, 0.29) is 0 Å². The molecule has 1 aromatic heterocycles. The van der Waals surface area contributed by atoms with Crippen LogP contribution in [-0.4, -0.2) is 13.1 Å². The molecule has 2 nitrogen and oxygen atoms in total. The molecule has 1 fully saturated rings. The number of anilines is 2. The van der Waals surface area contributed by atoms with Crippen LogP contribution in [0.4, 0.5) is 11.4 Å². The Balaban J connectivity index is 1.80. The van der Waals surface area contributed by atoms with E-state index in [0.717, 1.165) is 23.7 Å². The van der Waals surface area contributed by atoms with Gasteiger partial charge in [0.1, 0.15) is 0 Å². The molecule has 2 heterocycles. The first kappa shape index (κ1) is 11.9. The minimum absolute atomic E-state index is 0.887. The molecule has 0 spiro atoms. The molecule has 3 rings (SSSR count). The number of benzene rings is 1. The zero-order valence-electron chi connectivity index (χ0n) is 10.1. The summed E-state index contributed by atoms with van der Waals surface area (Å²) < 4.78 is 1.29. The molecule has 18 heavy (non-hydrogen) atoms. The molecule has 0 aliphatic carbocycles. The van der Waals surface area contributed by atoms with Gasteiger partial charge < -0.3 is 10.6 Å². The van der Waals surface area contributed by atoms with Crippen LogP contribution in [0.1, 0.15) is 12.8 Å². The molecule has 0 unspecified atom stereocenters. The van der Waals surface area contributed by atoms with Gasteiger partial charge in [0.2, 0.25) is 0 Å². The van der Waals surface area contributed by atoms with Crippen LogP contribution in [0.2, 0.25) is 0 Å². The largest absolute Gasteiger partial charge is 0.398 e. The molecule has 0 bridgehead atoms. The Kier molecular flexibility index (Phi) is 3.48. The van der Waals surface area contributed by atoms with Gasteiger partial charge in [-0.3, -0.25) is 0 Å². The molecule has 1 aliphatic rings. The molecule has 1 aliphatic heterocycles. The second kappa shape index (κ2) is 5.24. The summed E-state index contributed by atoms with van der Waals surface area (Å²) in [7, 11) is 0. The van der Waals surface area contributed by atoms with E-state index >= 15 is 0 Å². The van der Waals surface area contributed by atoms with E-state index in [2.05, 4.69) is 40.6 Å². The van der Waals surface area contributed by atoms with Crippen LogP contribution in [0.15, 0.2) is 44.8 Å². The molecular formula is C14H16N2S2. The molecule has 0 atom stereocenters. The van der Waals surface area contributed by atoms with E-state index in [1.54, 1.807) is 23.1 Å². The lowest BCUT2D eigenvalue weighted by Crippen LogP contribution is -2.17. The van der Waals surface area contributed by atoms with Gasteiger partial charge in [-0.25, -0.2) is 0 Å². The number of nitrogens with two attached hydrogens (primary N) is 1. The molecule has 4 heteroatoms. The van der Waals surface area contributed by atoms with Gasteiger partial charge in [0.05, 0.1) is 4.21 Å². The Bertz CT molecular complexity index is 517. The van der Waals surface area contributed by atoms with Gasteiger partial charge in [-0.15, -0.1) is 11.3 Å². The maximum atomic E-state index is 6.16. The number of hydrogen-bond donors (Lipinski definition) is 1. The lowest BCUT2D eigenvalue weighted by molar-refractivity contribution is 0.949. The third-order valence-corrected chi connectivity index (χ3v) is 5.30. The third kappa shape index (κ3) is 2.49. The van der Waals surface area contributed by atoms with Crippen LogP contribution in [0, 0.1) is 0 Å². The maximum Gasteiger partial charge on any atom is 0.0647 e. The van der Waals surface area contributed by atoms with Gasteiger partial charge >= 0.3 is 0 Å². The Morgan fingerprint density at radius 1 is 1.17 bits per heavy atom. The lowest BCUT2D eigenvalue weighted by atomic mass is 10.2. The van der Waals surface area contributed by atoms with Gasteiger partial charge in [0.15, 0.2) is 0 Å². The standard InChI is InChI=1S/C14H16N2S2/c15-12-10-11(16-7-1-2-8-16)5-6-13(12)18-14-4-3-9-17-14/h3-6,9-10H,1-2,7-8,15H2. The van der Waals surface area contributed by atoms with Crippen molar-refractivity contribution in [1.82, 2.24) is 0 Å². The molecule has 1 aromatic carbocycles. The maximum absolute atomic E-state index is 6.16. The second-order valence-electron chi connectivity index (χ2n) is 4.45. The third-order valence-electron chi connectivity index (χ3n) is 3.17. The van der Waals surface area contributed by atoms with Crippen LogP contribution < -0.4 is 10.6 Å². The normalized spacial score (nSPS) is 15.2. The average molecular weight is 276 g/mol. The van der Waals surface area contributed by atoms with E-state index in [1.807, 2.05) is 0 Å². The Hall–Kier alpha value is -1.13. The van der Waals surface area contributed by atoms with Crippen molar-refractivity contribution in [3.63, 3.8) is 0 Å². The number of nitrogen functional groups attached to an aromatic ring is 1. The first-order valence-corrected chi connectivity index (χ1v) is 7.88. The van der Waals surface area contributed by atoms with Crippen molar-refractivity contribution in [3.05, 3.63) is 35.7 Å². The number of hydrogen-bond acceptors (Lipinski definition) is 4. The predicted octanol–water partition coefficient (Wildman–Crippen LogP) is 4.08. The van der Waals surface area contributed by atoms with Crippen LogP contribution in [-0.2, 0) is 0 Å². The molecule has 2 aromatic rings. The predicted molar refractivity (Wildman–Crippen MR) is 80.7 cm³/mol. The van der Waals surface area contributed by atoms with Gasteiger partial charge in [-0.2, -0.15) is 0 Å². The average Bonchev–Trinajstić information content (AvgIpc) is 3.04. The fourth-order valence-electron chi connectivity index (χ4n) is 2.23. The van der Waals surface area contributed by atoms with Gasteiger partial charge in [0, 0.05) is 29.4 Å². The highest BCUT2D eigenvalue weighted by atomic mass is 32.2. The minimum atomic E-state index is 0.887. The topological polar surface area (TPSA) is 29.3 Å². The molecule has 1 saturated heterocycles. The van der Waals surface area contributed by atoms with Crippen molar-refractivity contribution >= 4 is 34.5 Å². The Morgan fingerprint density at radius 2 is 2.00 bits per heavy atom. The van der Waals surface area contributed by atoms with Crippen molar-refractivity contribution in [3.8, 4) is 0 Å². The van der Waals surface area contributed by atoms with E-state index in [0.29, 0.717) is 0 Å². The van der Waals surface area contributed by atoms with Crippen molar-refractivity contribution in [2.45, 2.75) is 21.9 Å².